The summed E-state index contributed by atoms with van der Waals surface area (Å²) in [5.41, 5.74) is 5.67. The number of aliphatic hydroxyl groups excluding tert-OH is 1. The molecule has 4 N–H and O–H groups in total. The summed E-state index contributed by atoms with van der Waals surface area (Å²) in [6.07, 6.45) is 4.79. The highest BCUT2D eigenvalue weighted by Crippen LogP contribution is 2.07. The van der Waals surface area contributed by atoms with E-state index in [9.17, 15) is 8.42 Å². The van der Waals surface area contributed by atoms with Crippen LogP contribution in [0, 0.1) is 0 Å². The van der Waals surface area contributed by atoms with E-state index in [0.717, 1.165) is 32.1 Å². The summed E-state index contributed by atoms with van der Waals surface area (Å²) in [6.45, 7) is 0.217. The van der Waals surface area contributed by atoms with Crippen LogP contribution in [0.1, 0.15) is 38.5 Å². The fraction of sp³-hybridized carbons (Fsp3) is 1.00. The van der Waals surface area contributed by atoms with Crippen molar-refractivity contribution >= 4 is 10.1 Å². The fourth-order valence-electron chi connectivity index (χ4n) is 1.32. The predicted molar refractivity (Wildman–Crippen MR) is 59.2 cm³/mol. The molecule has 0 bridgehead atoms. The maximum Gasteiger partial charge on any atom is 0.264 e. The van der Waals surface area contributed by atoms with Crippen LogP contribution in [-0.2, 0) is 10.1 Å². The molecule has 0 aromatic heterocycles. The van der Waals surface area contributed by atoms with Crippen molar-refractivity contribution in [1.29, 1.82) is 0 Å². The van der Waals surface area contributed by atoms with Crippen LogP contribution in [0.5, 0.6) is 0 Å². The van der Waals surface area contributed by atoms with E-state index in [1.165, 1.54) is 0 Å². The molecule has 1 atom stereocenters. The Balaban J connectivity index is 3.37. The Bertz CT molecular complexity index is 240. The van der Waals surface area contributed by atoms with Crippen LogP contribution in [0.3, 0.4) is 0 Å². The molecule has 0 aromatic rings. The van der Waals surface area contributed by atoms with Crippen LogP contribution in [0.15, 0.2) is 0 Å². The van der Waals surface area contributed by atoms with E-state index >= 15 is 0 Å². The third-order valence-corrected chi connectivity index (χ3v) is 2.98. The molecule has 0 heterocycles. The Morgan fingerprint density at radius 1 is 1.07 bits per heavy atom. The maximum atomic E-state index is 10.4. The summed E-state index contributed by atoms with van der Waals surface area (Å²) in [6, 6.07) is -0.166. The minimum Gasteiger partial charge on any atom is -0.396 e. The normalized spacial score (nSPS) is 14.1. The highest BCUT2D eigenvalue weighted by molar-refractivity contribution is 7.85. The third-order valence-electron chi connectivity index (χ3n) is 2.23. The van der Waals surface area contributed by atoms with Gasteiger partial charge in [0.05, 0.1) is 5.75 Å². The maximum absolute atomic E-state index is 10.4. The summed E-state index contributed by atoms with van der Waals surface area (Å²) < 4.78 is 29.3. The van der Waals surface area contributed by atoms with Gasteiger partial charge >= 0.3 is 0 Å². The van der Waals surface area contributed by atoms with Gasteiger partial charge in [-0.3, -0.25) is 4.55 Å². The molecular weight excluding hydrogens is 218 g/mol. The topological polar surface area (TPSA) is 101 Å². The van der Waals surface area contributed by atoms with Gasteiger partial charge in [0.2, 0.25) is 0 Å². The molecule has 92 valence electrons. The molecule has 0 fully saturated rings. The van der Waals surface area contributed by atoms with Gasteiger partial charge in [0.1, 0.15) is 0 Å². The lowest BCUT2D eigenvalue weighted by molar-refractivity contribution is 0.282. The summed E-state index contributed by atoms with van der Waals surface area (Å²) >= 11 is 0. The van der Waals surface area contributed by atoms with Gasteiger partial charge in [0, 0.05) is 12.6 Å². The lowest BCUT2D eigenvalue weighted by Gasteiger charge is -2.09. The van der Waals surface area contributed by atoms with E-state index in [1.54, 1.807) is 0 Å². The van der Waals surface area contributed by atoms with Crippen LogP contribution in [0.4, 0.5) is 0 Å². The molecule has 1 unspecified atom stereocenters. The standard InChI is InChI=1S/C9H21NO4S/c10-9(6-8-15(12,13)14)5-3-1-2-4-7-11/h9,11H,1-8,10H2,(H,12,13,14). The van der Waals surface area contributed by atoms with E-state index in [-0.39, 0.29) is 18.4 Å². The van der Waals surface area contributed by atoms with Crippen molar-refractivity contribution < 1.29 is 18.1 Å². The van der Waals surface area contributed by atoms with Gasteiger partial charge in [0.15, 0.2) is 0 Å². The summed E-state index contributed by atoms with van der Waals surface area (Å²) in [5.74, 6) is -0.259. The van der Waals surface area contributed by atoms with Crippen molar-refractivity contribution in [1.82, 2.24) is 0 Å². The van der Waals surface area contributed by atoms with E-state index in [2.05, 4.69) is 0 Å². The third kappa shape index (κ3) is 11.8. The van der Waals surface area contributed by atoms with Gasteiger partial charge in [-0.05, 0) is 19.3 Å². The Morgan fingerprint density at radius 3 is 2.20 bits per heavy atom. The number of aliphatic hydroxyl groups is 1. The second kappa shape index (κ2) is 8.04. The Kier molecular flexibility index (Phi) is 7.95. The smallest absolute Gasteiger partial charge is 0.264 e. The van der Waals surface area contributed by atoms with Crippen LogP contribution < -0.4 is 5.73 Å². The monoisotopic (exact) mass is 239 g/mol. The second-order valence-electron chi connectivity index (χ2n) is 3.76. The molecule has 0 aliphatic rings. The number of hydrogen-bond acceptors (Lipinski definition) is 4. The van der Waals surface area contributed by atoms with Crippen molar-refractivity contribution in [2.24, 2.45) is 5.73 Å². The highest BCUT2D eigenvalue weighted by atomic mass is 32.2. The van der Waals surface area contributed by atoms with Crippen molar-refractivity contribution in [3.8, 4) is 0 Å². The lowest BCUT2D eigenvalue weighted by Crippen LogP contribution is -2.23. The Morgan fingerprint density at radius 2 is 1.67 bits per heavy atom. The molecule has 5 nitrogen and oxygen atoms in total. The van der Waals surface area contributed by atoms with E-state index in [0.29, 0.717) is 6.42 Å². The molecule has 0 aromatic carbocycles. The van der Waals surface area contributed by atoms with E-state index < -0.39 is 10.1 Å². The van der Waals surface area contributed by atoms with Crippen LogP contribution >= 0.6 is 0 Å². The molecular formula is C9H21NO4S. The quantitative estimate of drug-likeness (QED) is 0.402. The average Bonchev–Trinajstić information content (AvgIpc) is 2.13. The molecule has 15 heavy (non-hydrogen) atoms. The van der Waals surface area contributed by atoms with Gasteiger partial charge in [-0.15, -0.1) is 0 Å². The predicted octanol–water partition coefficient (Wildman–Crippen LogP) is 0.534. The Labute approximate surface area is 91.4 Å². The molecule has 0 saturated heterocycles. The fourth-order valence-corrected chi connectivity index (χ4v) is 1.92. The van der Waals surface area contributed by atoms with Crippen LogP contribution in [-0.4, -0.2) is 36.5 Å². The number of hydrogen-bond donors (Lipinski definition) is 3. The summed E-state index contributed by atoms with van der Waals surface area (Å²) in [7, 11) is -3.87. The minimum absolute atomic E-state index is 0.166. The SMILES string of the molecule is NC(CCCCCCO)CCS(=O)(=O)O. The second-order valence-corrected chi connectivity index (χ2v) is 5.33. The lowest BCUT2D eigenvalue weighted by atomic mass is 10.1. The largest absolute Gasteiger partial charge is 0.396 e. The van der Waals surface area contributed by atoms with Crippen molar-refractivity contribution in [3.05, 3.63) is 0 Å². The highest BCUT2D eigenvalue weighted by Gasteiger charge is 2.09. The molecule has 0 radical (unpaired) electrons. The van der Waals surface area contributed by atoms with Gasteiger partial charge in [0.25, 0.3) is 10.1 Å². The van der Waals surface area contributed by atoms with Crippen LogP contribution in [0.2, 0.25) is 0 Å². The van der Waals surface area contributed by atoms with E-state index in [4.69, 9.17) is 15.4 Å². The molecule has 0 aliphatic heterocycles. The van der Waals surface area contributed by atoms with Gasteiger partial charge < -0.3 is 10.8 Å². The van der Waals surface area contributed by atoms with Crippen molar-refractivity contribution in [3.63, 3.8) is 0 Å². The summed E-state index contributed by atoms with van der Waals surface area (Å²) in [4.78, 5) is 0. The molecule has 0 rings (SSSR count). The van der Waals surface area contributed by atoms with Gasteiger partial charge in [-0.2, -0.15) is 8.42 Å². The zero-order valence-electron chi connectivity index (χ0n) is 8.93. The number of nitrogens with two attached hydrogens (primary N) is 1. The Hall–Kier alpha value is -0.170. The minimum atomic E-state index is -3.87. The number of rotatable bonds is 9. The molecule has 0 saturated carbocycles. The first-order chi connectivity index (χ1) is 6.95. The first-order valence-corrected chi connectivity index (χ1v) is 6.88. The van der Waals surface area contributed by atoms with Gasteiger partial charge in [-0.1, -0.05) is 19.3 Å². The van der Waals surface area contributed by atoms with Crippen molar-refractivity contribution in [2.75, 3.05) is 12.4 Å². The summed E-state index contributed by atoms with van der Waals surface area (Å²) in [5, 5.41) is 8.53. The van der Waals surface area contributed by atoms with Crippen molar-refractivity contribution in [2.45, 2.75) is 44.6 Å². The van der Waals surface area contributed by atoms with Gasteiger partial charge in [-0.25, -0.2) is 0 Å². The van der Waals surface area contributed by atoms with E-state index in [1.807, 2.05) is 0 Å². The molecule has 0 spiro atoms. The average molecular weight is 239 g/mol. The molecule has 0 aliphatic carbocycles. The molecule has 0 amide bonds. The zero-order valence-corrected chi connectivity index (χ0v) is 9.75. The number of unbranched alkanes of at least 4 members (excludes halogenated alkanes) is 3. The zero-order chi connectivity index (χ0) is 11.7. The van der Waals surface area contributed by atoms with Crippen LogP contribution in [0.25, 0.3) is 0 Å². The first-order valence-electron chi connectivity index (χ1n) is 5.27. The molecule has 6 heteroatoms. The first kappa shape index (κ1) is 14.8.